The van der Waals surface area contributed by atoms with Crippen LogP contribution in [0.2, 0.25) is 0 Å². The molecule has 0 radical (unpaired) electrons. The maximum absolute atomic E-state index is 12.0. The Hall–Kier alpha value is -1.53. The number of hydrogen-bond donors (Lipinski definition) is 1. The molecule has 0 spiro atoms. The van der Waals surface area contributed by atoms with Crippen molar-refractivity contribution in [2.75, 3.05) is 5.73 Å². The molecule has 0 aliphatic heterocycles. The second kappa shape index (κ2) is 3.69. The summed E-state index contributed by atoms with van der Waals surface area (Å²) in [5, 5.41) is 0. The highest BCUT2D eigenvalue weighted by atomic mass is 19.4. The zero-order chi connectivity index (χ0) is 10.8. The number of pyridine rings is 1. The Morgan fingerprint density at radius 2 is 2.07 bits per heavy atom. The molecule has 0 amide bonds. The van der Waals surface area contributed by atoms with Gasteiger partial charge in [0.05, 0.1) is 5.69 Å². The van der Waals surface area contributed by atoms with Gasteiger partial charge in [-0.15, -0.1) is 13.2 Å². The molecule has 78 valence electrons. The predicted molar refractivity (Wildman–Crippen MR) is 40.1 cm³/mol. The van der Waals surface area contributed by atoms with Gasteiger partial charge in [0.15, 0.2) is 0 Å². The lowest BCUT2D eigenvalue weighted by atomic mass is 10.3. The van der Waals surface area contributed by atoms with E-state index in [0.717, 1.165) is 12.3 Å². The minimum atomic E-state index is -4.85. The molecule has 0 fully saturated rings. The third kappa shape index (κ3) is 2.75. The van der Waals surface area contributed by atoms with E-state index in [1.165, 1.54) is 0 Å². The number of aromatic nitrogens is 1. The molecule has 0 aliphatic carbocycles. The van der Waals surface area contributed by atoms with Crippen LogP contribution in [0.15, 0.2) is 12.3 Å². The first-order valence-electron chi connectivity index (χ1n) is 3.48. The molecular formula is C7H6F4N2O. The first kappa shape index (κ1) is 10.6. The Kier molecular flexibility index (Phi) is 2.78. The van der Waals surface area contributed by atoms with Crippen molar-refractivity contribution in [3.8, 4) is 5.88 Å². The van der Waals surface area contributed by atoms with Gasteiger partial charge in [-0.05, 0) is 6.07 Å². The molecule has 1 rings (SSSR count). The van der Waals surface area contributed by atoms with Crippen LogP contribution >= 0.6 is 0 Å². The standard InChI is InChI=1S/C7H6F4N2O/c8-2-4-1-5(12)6(13-3-4)14-7(9,10)11/h1,3H,2,12H2. The number of halogens is 4. The lowest BCUT2D eigenvalue weighted by molar-refractivity contribution is -0.275. The SMILES string of the molecule is Nc1cc(CF)cnc1OC(F)(F)F. The molecule has 0 bridgehead atoms. The fourth-order valence-electron chi connectivity index (χ4n) is 0.783. The van der Waals surface area contributed by atoms with Crippen molar-refractivity contribution >= 4 is 5.69 Å². The molecule has 0 saturated carbocycles. The number of nitrogen functional groups attached to an aromatic ring is 1. The number of ether oxygens (including phenoxy) is 1. The summed E-state index contributed by atoms with van der Waals surface area (Å²) in [6.45, 7) is -0.844. The van der Waals surface area contributed by atoms with Gasteiger partial charge >= 0.3 is 6.36 Å². The number of hydrogen-bond acceptors (Lipinski definition) is 3. The Morgan fingerprint density at radius 3 is 2.50 bits per heavy atom. The minimum absolute atomic E-state index is 0.0945. The van der Waals surface area contributed by atoms with Crippen molar-refractivity contribution in [1.29, 1.82) is 0 Å². The highest BCUT2D eigenvalue weighted by molar-refractivity contribution is 5.49. The highest BCUT2D eigenvalue weighted by Gasteiger charge is 2.32. The number of alkyl halides is 4. The van der Waals surface area contributed by atoms with Gasteiger partial charge in [0.25, 0.3) is 0 Å². The molecular weight excluding hydrogens is 204 g/mol. The Balaban J connectivity index is 2.89. The molecule has 1 aromatic heterocycles. The van der Waals surface area contributed by atoms with E-state index in [9.17, 15) is 17.6 Å². The van der Waals surface area contributed by atoms with E-state index in [0.29, 0.717) is 0 Å². The number of anilines is 1. The van der Waals surface area contributed by atoms with E-state index >= 15 is 0 Å². The Bertz CT molecular complexity index is 326. The van der Waals surface area contributed by atoms with Gasteiger partial charge in [0.2, 0.25) is 5.88 Å². The average Bonchev–Trinajstić information content (AvgIpc) is 2.06. The number of nitrogens with two attached hydrogens (primary N) is 1. The van der Waals surface area contributed by atoms with E-state index < -0.39 is 18.9 Å². The average molecular weight is 210 g/mol. The minimum Gasteiger partial charge on any atom is -0.394 e. The van der Waals surface area contributed by atoms with Crippen LogP contribution in [0.5, 0.6) is 5.88 Å². The van der Waals surface area contributed by atoms with E-state index in [4.69, 9.17) is 5.73 Å². The summed E-state index contributed by atoms with van der Waals surface area (Å²) in [4.78, 5) is 3.23. The second-order valence-electron chi connectivity index (χ2n) is 2.42. The fourth-order valence-corrected chi connectivity index (χ4v) is 0.783. The van der Waals surface area contributed by atoms with Crippen LogP contribution in [0.4, 0.5) is 23.2 Å². The number of rotatable bonds is 2. The van der Waals surface area contributed by atoms with Crippen LogP contribution in [-0.4, -0.2) is 11.3 Å². The van der Waals surface area contributed by atoms with Crippen molar-refractivity contribution in [3.05, 3.63) is 17.8 Å². The van der Waals surface area contributed by atoms with Gasteiger partial charge in [-0.3, -0.25) is 0 Å². The number of nitrogens with zero attached hydrogens (tertiary/aromatic N) is 1. The van der Waals surface area contributed by atoms with Crippen LogP contribution < -0.4 is 10.5 Å². The van der Waals surface area contributed by atoms with E-state index in [2.05, 4.69) is 9.72 Å². The second-order valence-corrected chi connectivity index (χ2v) is 2.42. The summed E-state index contributed by atoms with van der Waals surface area (Å²) >= 11 is 0. The van der Waals surface area contributed by atoms with Crippen LogP contribution in [0.1, 0.15) is 5.56 Å². The molecule has 0 saturated heterocycles. The molecule has 1 heterocycles. The molecule has 14 heavy (non-hydrogen) atoms. The van der Waals surface area contributed by atoms with Gasteiger partial charge in [0.1, 0.15) is 6.67 Å². The maximum atomic E-state index is 12.0. The summed E-state index contributed by atoms with van der Waals surface area (Å²) < 4.78 is 50.6. The van der Waals surface area contributed by atoms with E-state index in [1.54, 1.807) is 0 Å². The molecule has 7 heteroatoms. The zero-order valence-corrected chi connectivity index (χ0v) is 6.81. The lowest BCUT2D eigenvalue weighted by Crippen LogP contribution is -2.18. The molecule has 0 aliphatic rings. The molecule has 0 atom stereocenters. The smallest absolute Gasteiger partial charge is 0.394 e. The first-order chi connectivity index (χ1) is 6.42. The summed E-state index contributed by atoms with van der Waals surface area (Å²) in [5.41, 5.74) is 4.89. The van der Waals surface area contributed by atoms with Crippen molar-refractivity contribution in [1.82, 2.24) is 4.98 Å². The van der Waals surface area contributed by atoms with Crippen LogP contribution in [0, 0.1) is 0 Å². The van der Waals surface area contributed by atoms with Crippen molar-refractivity contribution < 1.29 is 22.3 Å². The van der Waals surface area contributed by atoms with E-state index in [-0.39, 0.29) is 11.3 Å². The molecule has 3 nitrogen and oxygen atoms in total. The summed E-state index contributed by atoms with van der Waals surface area (Å²) in [6.07, 6.45) is -3.92. The molecule has 0 aromatic carbocycles. The third-order valence-corrected chi connectivity index (χ3v) is 1.30. The molecule has 2 N–H and O–H groups in total. The van der Waals surface area contributed by atoms with Crippen molar-refractivity contribution in [3.63, 3.8) is 0 Å². The van der Waals surface area contributed by atoms with Gasteiger partial charge in [-0.1, -0.05) is 0 Å². The van der Waals surface area contributed by atoms with Gasteiger partial charge < -0.3 is 10.5 Å². The van der Waals surface area contributed by atoms with Crippen LogP contribution in [-0.2, 0) is 6.67 Å². The van der Waals surface area contributed by atoms with Crippen LogP contribution in [0.25, 0.3) is 0 Å². The summed E-state index contributed by atoms with van der Waals surface area (Å²) in [7, 11) is 0. The normalized spacial score (nSPS) is 11.4. The quantitative estimate of drug-likeness (QED) is 0.759. The maximum Gasteiger partial charge on any atom is 0.574 e. The fraction of sp³-hybridized carbons (Fsp3) is 0.286. The predicted octanol–water partition coefficient (Wildman–Crippen LogP) is 2.03. The lowest BCUT2D eigenvalue weighted by Gasteiger charge is -2.09. The summed E-state index contributed by atoms with van der Waals surface area (Å²) in [5.74, 6) is -0.769. The van der Waals surface area contributed by atoms with Gasteiger partial charge in [0, 0.05) is 11.8 Å². The first-order valence-corrected chi connectivity index (χ1v) is 3.48. The van der Waals surface area contributed by atoms with Gasteiger partial charge in [-0.2, -0.15) is 0 Å². The largest absolute Gasteiger partial charge is 0.574 e. The third-order valence-electron chi connectivity index (χ3n) is 1.30. The Labute approximate surface area is 76.5 Å². The summed E-state index contributed by atoms with van der Waals surface area (Å²) in [6, 6.07) is 1.04. The molecule has 0 unspecified atom stereocenters. The zero-order valence-electron chi connectivity index (χ0n) is 6.81. The Morgan fingerprint density at radius 1 is 1.43 bits per heavy atom. The van der Waals surface area contributed by atoms with Crippen LogP contribution in [0.3, 0.4) is 0 Å². The van der Waals surface area contributed by atoms with Gasteiger partial charge in [-0.25, -0.2) is 9.37 Å². The van der Waals surface area contributed by atoms with Crippen molar-refractivity contribution in [2.45, 2.75) is 13.0 Å². The topological polar surface area (TPSA) is 48.1 Å². The van der Waals surface area contributed by atoms with Crippen molar-refractivity contribution in [2.24, 2.45) is 0 Å². The molecule has 1 aromatic rings. The van der Waals surface area contributed by atoms with E-state index in [1.807, 2.05) is 0 Å². The monoisotopic (exact) mass is 210 g/mol. The highest BCUT2D eigenvalue weighted by Crippen LogP contribution is 2.26.